The van der Waals surface area contributed by atoms with Crippen LogP contribution in [0.3, 0.4) is 0 Å². The van der Waals surface area contributed by atoms with Crippen molar-refractivity contribution in [3.8, 4) is 78.9 Å². The molecule has 0 saturated heterocycles. The van der Waals surface area contributed by atoms with Gasteiger partial charge in [-0.15, -0.1) is 22.7 Å². The van der Waals surface area contributed by atoms with Crippen LogP contribution >= 0.6 is 22.7 Å². The highest BCUT2D eigenvalue weighted by Crippen LogP contribution is 2.44. The van der Waals surface area contributed by atoms with Gasteiger partial charge in [0, 0.05) is 40.3 Å². The molecule has 0 bridgehead atoms. The van der Waals surface area contributed by atoms with Gasteiger partial charge in [0.15, 0.2) is 0 Å². The van der Waals surface area contributed by atoms with Crippen LogP contribution in [0, 0.1) is 22.7 Å². The summed E-state index contributed by atoms with van der Waals surface area (Å²) >= 11 is 3.59. The minimum Gasteiger partial charge on any atom is -0.192 e. The van der Waals surface area contributed by atoms with Crippen LogP contribution in [0.2, 0.25) is 0 Å². The van der Waals surface area contributed by atoms with E-state index in [9.17, 15) is 10.5 Å². The monoisotopic (exact) mass is 796 g/mol. The van der Waals surface area contributed by atoms with Crippen LogP contribution in [0.4, 0.5) is 0 Å². The van der Waals surface area contributed by atoms with Crippen LogP contribution in [0.1, 0.15) is 11.1 Å². The zero-order valence-corrected chi connectivity index (χ0v) is 33.8. The maximum absolute atomic E-state index is 10.5. The highest BCUT2D eigenvalue weighted by molar-refractivity contribution is 7.26. The molecule has 0 spiro atoms. The normalized spacial score (nSPS) is 11.3. The summed E-state index contributed by atoms with van der Waals surface area (Å²) in [5.41, 5.74) is 13.7. The lowest BCUT2D eigenvalue weighted by Gasteiger charge is -2.15. The van der Waals surface area contributed by atoms with E-state index in [0.29, 0.717) is 11.1 Å². The molecule has 9 aromatic carbocycles. The Balaban J connectivity index is 1.12. The molecule has 2 aromatic heterocycles. The quantitative estimate of drug-likeness (QED) is 0.168. The zero-order chi connectivity index (χ0) is 40.2. The fourth-order valence-corrected chi connectivity index (χ4v) is 11.1. The maximum atomic E-state index is 10.5. The standard InChI is InChI=1S/C56H32N2S2/c57-33-35-23-40(31-45(25-35)47-17-9-19-51-49-15-4-6-21-53(49)59-55(47)51)43-28-42(39-14-8-13-38(27-39)37-11-2-1-3-12-37)29-44(30-43)41-24-36(34-58)26-46(32-41)48-18-10-20-52-50-16-5-7-22-54(50)60-56(48)52/h1-32H. The second-order valence-corrected chi connectivity index (χ2v) is 17.2. The molecule has 0 aliphatic carbocycles. The Morgan fingerprint density at radius 3 is 1.15 bits per heavy atom. The lowest BCUT2D eigenvalue weighted by molar-refractivity contribution is 1.47. The average Bonchev–Trinajstić information content (AvgIpc) is 3.90. The van der Waals surface area contributed by atoms with Crippen LogP contribution in [-0.2, 0) is 0 Å². The van der Waals surface area contributed by atoms with Crippen molar-refractivity contribution < 1.29 is 0 Å². The molecule has 0 aliphatic rings. The maximum Gasteiger partial charge on any atom is 0.0992 e. The summed E-state index contributed by atoms with van der Waals surface area (Å²) in [6.07, 6.45) is 0. The summed E-state index contributed by atoms with van der Waals surface area (Å²) in [4.78, 5) is 0. The third-order valence-electron chi connectivity index (χ3n) is 11.5. The first kappa shape index (κ1) is 35.6. The van der Waals surface area contributed by atoms with Crippen molar-refractivity contribution in [2.75, 3.05) is 0 Å². The number of rotatable bonds is 6. The molecule has 0 atom stereocenters. The van der Waals surface area contributed by atoms with Crippen molar-refractivity contribution in [3.05, 3.63) is 205 Å². The first-order valence-electron chi connectivity index (χ1n) is 19.8. The third kappa shape index (κ3) is 6.24. The van der Waals surface area contributed by atoms with Gasteiger partial charge >= 0.3 is 0 Å². The first-order chi connectivity index (χ1) is 29.6. The van der Waals surface area contributed by atoms with E-state index in [0.717, 1.165) is 66.8 Å². The lowest BCUT2D eigenvalue weighted by Crippen LogP contribution is -1.91. The fraction of sp³-hybridized carbons (Fsp3) is 0. The molecule has 0 radical (unpaired) electrons. The van der Waals surface area contributed by atoms with Crippen molar-refractivity contribution in [1.29, 1.82) is 10.5 Å². The second kappa shape index (κ2) is 14.7. The molecule has 2 heterocycles. The molecule has 0 fully saturated rings. The van der Waals surface area contributed by atoms with E-state index in [1.165, 1.54) is 40.3 Å². The van der Waals surface area contributed by atoms with Crippen molar-refractivity contribution >= 4 is 63.0 Å². The van der Waals surface area contributed by atoms with Gasteiger partial charge < -0.3 is 0 Å². The molecule has 4 heteroatoms. The van der Waals surface area contributed by atoms with Gasteiger partial charge in [-0.1, -0.05) is 121 Å². The third-order valence-corrected chi connectivity index (χ3v) is 13.9. The van der Waals surface area contributed by atoms with Gasteiger partial charge in [0.2, 0.25) is 0 Å². The molecule has 11 aromatic rings. The number of benzene rings is 9. The van der Waals surface area contributed by atoms with Crippen molar-refractivity contribution in [2.45, 2.75) is 0 Å². The average molecular weight is 797 g/mol. The van der Waals surface area contributed by atoms with E-state index in [4.69, 9.17) is 0 Å². The van der Waals surface area contributed by atoms with E-state index in [2.05, 4.69) is 176 Å². The molecule has 0 unspecified atom stereocenters. The Labute approximate surface area is 355 Å². The van der Waals surface area contributed by atoms with Crippen LogP contribution in [0.25, 0.3) is 107 Å². The largest absolute Gasteiger partial charge is 0.192 e. The molecule has 278 valence electrons. The Hall–Kier alpha value is -7.60. The van der Waals surface area contributed by atoms with Gasteiger partial charge in [-0.25, -0.2) is 0 Å². The van der Waals surface area contributed by atoms with Gasteiger partial charge in [0.25, 0.3) is 0 Å². The van der Waals surface area contributed by atoms with E-state index in [-0.39, 0.29) is 0 Å². The van der Waals surface area contributed by atoms with Crippen molar-refractivity contribution in [1.82, 2.24) is 0 Å². The topological polar surface area (TPSA) is 47.6 Å². The second-order valence-electron chi connectivity index (χ2n) is 15.1. The molecule has 60 heavy (non-hydrogen) atoms. The number of fused-ring (bicyclic) bond motifs is 6. The Morgan fingerprint density at radius 1 is 0.283 bits per heavy atom. The lowest BCUT2D eigenvalue weighted by atomic mass is 9.89. The van der Waals surface area contributed by atoms with E-state index >= 15 is 0 Å². The van der Waals surface area contributed by atoms with Gasteiger partial charge in [-0.05, 0) is 140 Å². The molecule has 0 saturated carbocycles. The molecule has 2 nitrogen and oxygen atoms in total. The van der Waals surface area contributed by atoms with Crippen molar-refractivity contribution in [3.63, 3.8) is 0 Å². The highest BCUT2D eigenvalue weighted by Gasteiger charge is 2.17. The molecule has 11 rings (SSSR count). The van der Waals surface area contributed by atoms with Crippen LogP contribution in [0.15, 0.2) is 194 Å². The summed E-state index contributed by atoms with van der Waals surface area (Å²) in [6, 6.07) is 73.3. The molecule has 0 aliphatic heterocycles. The fourth-order valence-electron chi connectivity index (χ4n) is 8.61. The number of hydrogen-bond donors (Lipinski definition) is 0. The molecular weight excluding hydrogens is 765 g/mol. The Kier molecular flexibility index (Phi) is 8.68. The predicted octanol–water partition coefficient (Wildman–Crippen LogP) is 16.2. The number of nitrogens with zero attached hydrogens (tertiary/aromatic N) is 2. The Morgan fingerprint density at radius 2 is 0.633 bits per heavy atom. The smallest absolute Gasteiger partial charge is 0.0992 e. The van der Waals surface area contributed by atoms with Gasteiger partial charge in [-0.3, -0.25) is 0 Å². The number of nitriles is 2. The van der Waals surface area contributed by atoms with Gasteiger partial charge in [0.1, 0.15) is 0 Å². The summed E-state index contributed by atoms with van der Waals surface area (Å²) in [5.74, 6) is 0. The van der Waals surface area contributed by atoms with E-state index in [1.54, 1.807) is 22.7 Å². The summed E-state index contributed by atoms with van der Waals surface area (Å²) in [6.45, 7) is 0. The van der Waals surface area contributed by atoms with Crippen LogP contribution in [0.5, 0.6) is 0 Å². The number of hydrogen-bond acceptors (Lipinski definition) is 4. The minimum absolute atomic E-state index is 0.601. The molecule has 0 N–H and O–H groups in total. The van der Waals surface area contributed by atoms with Crippen LogP contribution < -0.4 is 0 Å². The SMILES string of the molecule is N#Cc1cc(-c2cc(-c3cccc(-c4ccccc4)c3)cc(-c3cc(C#N)cc(-c4cccc5c4sc4ccccc45)c3)c2)cc(-c2cccc3c2sc2ccccc23)c1. The molecular formula is C56H32N2S2. The van der Waals surface area contributed by atoms with Crippen LogP contribution in [-0.4, -0.2) is 0 Å². The predicted molar refractivity (Wildman–Crippen MR) is 254 cm³/mol. The molecule has 0 amide bonds. The summed E-state index contributed by atoms with van der Waals surface area (Å²) in [5, 5.41) is 25.8. The van der Waals surface area contributed by atoms with Crippen molar-refractivity contribution in [2.24, 2.45) is 0 Å². The Bertz CT molecular complexity index is 3380. The van der Waals surface area contributed by atoms with Gasteiger partial charge in [-0.2, -0.15) is 10.5 Å². The summed E-state index contributed by atoms with van der Waals surface area (Å²) in [7, 11) is 0. The number of thiophene rings is 2. The highest BCUT2D eigenvalue weighted by atomic mass is 32.1. The van der Waals surface area contributed by atoms with E-state index < -0.39 is 0 Å². The van der Waals surface area contributed by atoms with E-state index in [1.807, 2.05) is 30.3 Å². The van der Waals surface area contributed by atoms with Gasteiger partial charge in [0.05, 0.1) is 23.3 Å². The summed E-state index contributed by atoms with van der Waals surface area (Å²) < 4.78 is 4.91. The first-order valence-corrected chi connectivity index (χ1v) is 21.5. The minimum atomic E-state index is 0.601. The zero-order valence-electron chi connectivity index (χ0n) is 32.2.